The Morgan fingerprint density at radius 3 is 2.16 bits per heavy atom. The highest BCUT2D eigenvalue weighted by Crippen LogP contribution is 2.25. The van der Waals surface area contributed by atoms with Crippen LogP contribution in [0.15, 0.2) is 59.1 Å². The van der Waals surface area contributed by atoms with Crippen molar-refractivity contribution in [2.45, 2.75) is 52.4 Å². The lowest BCUT2D eigenvalue weighted by Gasteiger charge is -2.12. The molecule has 0 atom stereocenters. The Morgan fingerprint density at radius 2 is 1.56 bits per heavy atom. The topological polar surface area (TPSA) is 88.4 Å². The molecule has 0 saturated carbocycles. The summed E-state index contributed by atoms with van der Waals surface area (Å²) in [6.45, 7) is 8.98. The van der Waals surface area contributed by atoms with Crippen molar-refractivity contribution in [3.63, 3.8) is 0 Å². The minimum Gasteiger partial charge on any atom is -0.494 e. The summed E-state index contributed by atoms with van der Waals surface area (Å²) in [6.07, 6.45) is 3.45. The second kappa shape index (κ2) is 10.7. The van der Waals surface area contributed by atoms with E-state index < -0.39 is 0 Å². The summed E-state index contributed by atoms with van der Waals surface area (Å²) in [5.74, 6) is 1.96. The molecule has 0 fully saturated rings. The molecule has 0 radical (unpaired) electrons. The second-order valence-electron chi connectivity index (χ2n) is 8.69. The summed E-state index contributed by atoms with van der Waals surface area (Å²) in [5.41, 5.74) is 2.38. The molecule has 3 N–H and O–H groups in total. The van der Waals surface area contributed by atoms with E-state index in [-0.39, 0.29) is 11.4 Å². The summed E-state index contributed by atoms with van der Waals surface area (Å²) in [4.78, 5) is 12.2. The Hall–Kier alpha value is -3.48. The second-order valence-corrected chi connectivity index (χ2v) is 8.69. The van der Waals surface area contributed by atoms with Crippen LogP contribution in [0.3, 0.4) is 0 Å². The third-order valence-corrected chi connectivity index (χ3v) is 4.79. The molecule has 0 aliphatic rings. The molecule has 7 nitrogen and oxygen atoms in total. The van der Waals surface area contributed by atoms with Gasteiger partial charge in [-0.1, -0.05) is 45.7 Å². The number of urea groups is 1. The van der Waals surface area contributed by atoms with Gasteiger partial charge in [-0.3, -0.25) is 5.32 Å². The summed E-state index contributed by atoms with van der Waals surface area (Å²) < 4.78 is 11.0. The molecule has 32 heavy (non-hydrogen) atoms. The number of hydrogen-bond acceptors (Lipinski definition) is 5. The Morgan fingerprint density at radius 1 is 0.938 bits per heavy atom. The fourth-order valence-corrected chi connectivity index (χ4v) is 2.95. The zero-order chi connectivity index (χ0) is 23.0. The quantitative estimate of drug-likeness (QED) is 0.317. The number of nitrogens with zero attached hydrogens (tertiary/aromatic N) is 1. The van der Waals surface area contributed by atoms with Crippen LogP contribution < -0.4 is 20.7 Å². The molecule has 0 unspecified atom stereocenters. The van der Waals surface area contributed by atoms with Gasteiger partial charge in [-0.2, -0.15) is 0 Å². The number of ether oxygens (including phenoxy) is 1. The number of hydrogen-bond donors (Lipinski definition) is 3. The number of anilines is 4. The zero-order valence-corrected chi connectivity index (χ0v) is 19.2. The lowest BCUT2D eigenvalue weighted by atomic mass is 9.93. The van der Waals surface area contributed by atoms with Crippen molar-refractivity contribution in [2.75, 3.05) is 22.6 Å². The van der Waals surface area contributed by atoms with E-state index in [4.69, 9.17) is 9.26 Å². The standard InChI is InChI=1S/C25H32N4O3/c1-5-6-7-16-31-21-14-12-19(13-15-21)26-18-8-10-20(11-9-18)27-24(30)28-23-17-22(32-29-23)25(2,3)4/h8-15,17,26H,5-7,16H2,1-4H3,(H2,27,28,29,30). The molecule has 7 heteroatoms. The number of aromatic nitrogens is 1. The summed E-state index contributed by atoms with van der Waals surface area (Å²) in [6, 6.07) is 16.7. The van der Waals surface area contributed by atoms with Gasteiger partial charge in [-0.25, -0.2) is 4.79 Å². The van der Waals surface area contributed by atoms with Gasteiger partial charge in [0.05, 0.1) is 6.61 Å². The Balaban J connectivity index is 1.48. The van der Waals surface area contributed by atoms with Gasteiger partial charge in [-0.05, 0) is 55.0 Å². The van der Waals surface area contributed by atoms with Crippen molar-refractivity contribution >= 4 is 28.9 Å². The molecule has 0 bridgehead atoms. The summed E-state index contributed by atoms with van der Waals surface area (Å²) >= 11 is 0. The first-order chi connectivity index (χ1) is 15.3. The van der Waals surface area contributed by atoms with Crippen LogP contribution in [0.4, 0.5) is 27.7 Å². The van der Waals surface area contributed by atoms with Crippen LogP contribution in [0.1, 0.15) is 52.7 Å². The molecule has 0 aliphatic carbocycles. The zero-order valence-electron chi connectivity index (χ0n) is 19.2. The van der Waals surface area contributed by atoms with Gasteiger partial charge < -0.3 is 19.9 Å². The molecule has 0 saturated heterocycles. The minimum atomic E-state index is -0.381. The van der Waals surface area contributed by atoms with Crippen LogP contribution in [0.2, 0.25) is 0 Å². The number of carbonyl (C=O) groups is 1. The molecular formula is C25H32N4O3. The SMILES string of the molecule is CCCCCOc1ccc(Nc2ccc(NC(=O)Nc3cc(C(C)(C)C)on3)cc2)cc1. The highest BCUT2D eigenvalue weighted by Gasteiger charge is 2.20. The predicted octanol–water partition coefficient (Wildman–Crippen LogP) is 6.93. The van der Waals surface area contributed by atoms with E-state index in [2.05, 4.69) is 28.0 Å². The largest absolute Gasteiger partial charge is 0.494 e. The predicted molar refractivity (Wildman–Crippen MR) is 129 cm³/mol. The van der Waals surface area contributed by atoms with Crippen molar-refractivity contribution in [2.24, 2.45) is 0 Å². The van der Waals surface area contributed by atoms with Gasteiger partial charge in [0.1, 0.15) is 11.5 Å². The van der Waals surface area contributed by atoms with Gasteiger partial charge in [0.15, 0.2) is 5.82 Å². The highest BCUT2D eigenvalue weighted by atomic mass is 16.5. The molecule has 1 heterocycles. The van der Waals surface area contributed by atoms with Gasteiger partial charge in [0, 0.05) is 28.5 Å². The van der Waals surface area contributed by atoms with E-state index in [9.17, 15) is 4.79 Å². The van der Waals surface area contributed by atoms with E-state index in [0.717, 1.165) is 30.2 Å². The molecule has 3 aromatic rings. The summed E-state index contributed by atoms with van der Waals surface area (Å²) in [5, 5.41) is 12.7. The minimum absolute atomic E-state index is 0.172. The van der Waals surface area contributed by atoms with Crippen molar-refractivity contribution in [1.29, 1.82) is 0 Å². The van der Waals surface area contributed by atoms with Crippen LogP contribution in [-0.4, -0.2) is 17.8 Å². The maximum Gasteiger partial charge on any atom is 0.324 e. The van der Waals surface area contributed by atoms with Crippen molar-refractivity contribution in [3.05, 3.63) is 60.4 Å². The highest BCUT2D eigenvalue weighted by molar-refractivity contribution is 5.99. The maximum absolute atomic E-state index is 12.2. The Labute approximate surface area is 189 Å². The molecule has 2 aromatic carbocycles. The third-order valence-electron chi connectivity index (χ3n) is 4.79. The lowest BCUT2D eigenvalue weighted by Crippen LogP contribution is -2.19. The molecule has 3 rings (SSSR count). The first-order valence-electron chi connectivity index (χ1n) is 11.0. The average Bonchev–Trinajstić information content (AvgIpc) is 3.23. The van der Waals surface area contributed by atoms with Gasteiger partial charge >= 0.3 is 6.03 Å². The monoisotopic (exact) mass is 436 g/mol. The molecule has 0 aliphatic heterocycles. The summed E-state index contributed by atoms with van der Waals surface area (Å²) in [7, 11) is 0. The van der Waals surface area contributed by atoms with Crippen LogP contribution in [0.5, 0.6) is 5.75 Å². The molecule has 170 valence electrons. The van der Waals surface area contributed by atoms with Crippen molar-refractivity contribution in [3.8, 4) is 5.75 Å². The number of rotatable bonds is 9. The Kier molecular flexibility index (Phi) is 7.76. The van der Waals surface area contributed by atoms with Crippen LogP contribution in [0, 0.1) is 0 Å². The number of carbonyl (C=O) groups excluding carboxylic acids is 1. The van der Waals surface area contributed by atoms with E-state index >= 15 is 0 Å². The van der Waals surface area contributed by atoms with E-state index in [1.807, 2.05) is 69.3 Å². The van der Waals surface area contributed by atoms with E-state index in [1.54, 1.807) is 6.07 Å². The fourth-order valence-electron chi connectivity index (χ4n) is 2.95. The van der Waals surface area contributed by atoms with E-state index in [0.29, 0.717) is 17.3 Å². The maximum atomic E-state index is 12.2. The first-order valence-corrected chi connectivity index (χ1v) is 11.0. The van der Waals surface area contributed by atoms with E-state index in [1.165, 1.54) is 12.8 Å². The number of nitrogens with one attached hydrogen (secondary N) is 3. The molecule has 2 amide bonds. The smallest absolute Gasteiger partial charge is 0.324 e. The first kappa shape index (κ1) is 23.2. The number of amides is 2. The molecular weight excluding hydrogens is 404 g/mol. The van der Waals surface area contributed by atoms with Gasteiger partial charge in [-0.15, -0.1) is 0 Å². The van der Waals surface area contributed by atoms with Crippen molar-refractivity contribution in [1.82, 2.24) is 5.16 Å². The normalized spacial score (nSPS) is 11.1. The van der Waals surface area contributed by atoms with Gasteiger partial charge in [0.25, 0.3) is 0 Å². The Bertz CT molecular complexity index is 989. The molecule has 1 aromatic heterocycles. The fraction of sp³-hybridized carbons (Fsp3) is 0.360. The number of unbranched alkanes of at least 4 members (excludes halogenated alkanes) is 2. The van der Waals surface area contributed by atoms with Gasteiger partial charge in [0.2, 0.25) is 0 Å². The van der Waals surface area contributed by atoms with Crippen LogP contribution >= 0.6 is 0 Å². The lowest BCUT2D eigenvalue weighted by molar-refractivity contribution is 0.262. The van der Waals surface area contributed by atoms with Crippen LogP contribution in [0.25, 0.3) is 0 Å². The van der Waals surface area contributed by atoms with Crippen molar-refractivity contribution < 1.29 is 14.1 Å². The third kappa shape index (κ3) is 7.04. The number of benzene rings is 2. The van der Waals surface area contributed by atoms with Crippen LogP contribution in [-0.2, 0) is 5.41 Å². The average molecular weight is 437 g/mol. The molecule has 0 spiro atoms.